The minimum atomic E-state index is -0.159. The highest BCUT2D eigenvalue weighted by molar-refractivity contribution is 5.94. The number of ether oxygens (including phenoxy) is 1. The number of nitrogens with zero attached hydrogens (tertiary/aromatic N) is 1. The Balaban J connectivity index is 1.84. The highest BCUT2D eigenvalue weighted by Gasteiger charge is 2.06. The van der Waals surface area contributed by atoms with E-state index in [-0.39, 0.29) is 11.8 Å². The molecule has 0 saturated heterocycles. The van der Waals surface area contributed by atoms with E-state index in [2.05, 4.69) is 5.32 Å². The van der Waals surface area contributed by atoms with Crippen LogP contribution in [0.15, 0.2) is 54.6 Å². The summed E-state index contributed by atoms with van der Waals surface area (Å²) in [6.45, 7) is 0.528. The minimum Gasteiger partial charge on any atom is -0.496 e. The van der Waals surface area contributed by atoms with E-state index in [0.29, 0.717) is 18.5 Å². The summed E-state index contributed by atoms with van der Waals surface area (Å²) in [5, 5.41) is 2.86. The molecule has 0 aliphatic rings. The first-order chi connectivity index (χ1) is 12.5. The third kappa shape index (κ3) is 5.48. The fourth-order valence-electron chi connectivity index (χ4n) is 2.46. The summed E-state index contributed by atoms with van der Waals surface area (Å²) in [6, 6.07) is 14.9. The molecule has 0 heterocycles. The Labute approximate surface area is 154 Å². The van der Waals surface area contributed by atoms with Gasteiger partial charge < -0.3 is 15.0 Å². The van der Waals surface area contributed by atoms with E-state index in [9.17, 15) is 9.59 Å². The van der Waals surface area contributed by atoms with Crippen LogP contribution in [0.3, 0.4) is 0 Å². The second-order valence-electron chi connectivity index (χ2n) is 6.01. The van der Waals surface area contributed by atoms with E-state index in [4.69, 9.17) is 4.74 Å². The van der Waals surface area contributed by atoms with Gasteiger partial charge in [0.2, 0.25) is 5.91 Å². The van der Waals surface area contributed by atoms with Gasteiger partial charge in [-0.05, 0) is 41.8 Å². The van der Waals surface area contributed by atoms with Crippen molar-refractivity contribution in [3.05, 3.63) is 71.3 Å². The van der Waals surface area contributed by atoms with Gasteiger partial charge in [-0.15, -0.1) is 0 Å². The van der Waals surface area contributed by atoms with Gasteiger partial charge in [-0.1, -0.05) is 30.3 Å². The Kier molecular flexibility index (Phi) is 6.97. The second kappa shape index (κ2) is 9.42. The van der Waals surface area contributed by atoms with Crippen molar-refractivity contribution in [2.45, 2.75) is 6.42 Å². The van der Waals surface area contributed by atoms with Crippen LogP contribution in [0.5, 0.6) is 5.75 Å². The zero-order valence-corrected chi connectivity index (χ0v) is 15.4. The average molecular weight is 352 g/mol. The lowest BCUT2D eigenvalue weighted by Gasteiger charge is -2.09. The average Bonchev–Trinajstić information content (AvgIpc) is 2.66. The number of amides is 2. The molecule has 1 N–H and O–H groups in total. The van der Waals surface area contributed by atoms with E-state index in [1.54, 1.807) is 39.4 Å². The first kappa shape index (κ1) is 19.2. The second-order valence-corrected chi connectivity index (χ2v) is 6.01. The summed E-state index contributed by atoms with van der Waals surface area (Å²) in [5.74, 6) is 0.618. The molecular formula is C21H24N2O3. The van der Waals surface area contributed by atoms with Crippen molar-refractivity contribution in [1.29, 1.82) is 0 Å². The standard InChI is InChI=1S/C21H24N2O3/c1-23(2)21(25)18-11-8-16(9-12-18)10-13-20(24)22-15-14-17-6-4-5-7-19(17)26-3/h4-13H,14-15H2,1-3H3,(H,22,24)/b13-10+. The first-order valence-corrected chi connectivity index (χ1v) is 8.41. The fourth-order valence-corrected chi connectivity index (χ4v) is 2.46. The molecule has 2 amide bonds. The number of benzene rings is 2. The highest BCUT2D eigenvalue weighted by Crippen LogP contribution is 2.17. The highest BCUT2D eigenvalue weighted by atomic mass is 16.5. The molecule has 0 aliphatic carbocycles. The lowest BCUT2D eigenvalue weighted by atomic mass is 10.1. The van der Waals surface area contributed by atoms with Crippen molar-refractivity contribution >= 4 is 17.9 Å². The molecule has 26 heavy (non-hydrogen) atoms. The third-order valence-corrected chi connectivity index (χ3v) is 3.88. The maximum Gasteiger partial charge on any atom is 0.253 e. The topological polar surface area (TPSA) is 58.6 Å². The molecule has 0 unspecified atom stereocenters. The van der Waals surface area contributed by atoms with Gasteiger partial charge in [-0.25, -0.2) is 0 Å². The van der Waals surface area contributed by atoms with Crippen molar-refractivity contribution in [2.75, 3.05) is 27.7 Å². The van der Waals surface area contributed by atoms with Gasteiger partial charge in [0.1, 0.15) is 5.75 Å². The van der Waals surface area contributed by atoms with E-state index in [1.807, 2.05) is 36.4 Å². The molecular weight excluding hydrogens is 328 g/mol. The van der Waals surface area contributed by atoms with Crippen molar-refractivity contribution in [1.82, 2.24) is 10.2 Å². The van der Waals surface area contributed by atoms with Crippen LogP contribution in [-0.2, 0) is 11.2 Å². The Morgan fingerprint density at radius 1 is 1.08 bits per heavy atom. The van der Waals surface area contributed by atoms with Gasteiger partial charge in [0.05, 0.1) is 7.11 Å². The quantitative estimate of drug-likeness (QED) is 0.780. The SMILES string of the molecule is COc1ccccc1CCNC(=O)/C=C/c1ccc(C(=O)N(C)C)cc1. The van der Waals surface area contributed by atoms with E-state index in [1.165, 1.54) is 11.0 Å². The number of carbonyl (C=O) groups excluding carboxylic acids is 2. The summed E-state index contributed by atoms with van der Waals surface area (Å²) < 4.78 is 5.30. The van der Waals surface area contributed by atoms with E-state index in [0.717, 1.165) is 16.9 Å². The lowest BCUT2D eigenvalue weighted by molar-refractivity contribution is -0.116. The van der Waals surface area contributed by atoms with Crippen LogP contribution >= 0.6 is 0 Å². The lowest BCUT2D eigenvalue weighted by Crippen LogP contribution is -2.23. The van der Waals surface area contributed by atoms with Gasteiger partial charge in [0.25, 0.3) is 5.91 Å². The van der Waals surface area contributed by atoms with Crippen LogP contribution < -0.4 is 10.1 Å². The van der Waals surface area contributed by atoms with Crippen LogP contribution in [0.2, 0.25) is 0 Å². The van der Waals surface area contributed by atoms with Crippen molar-refractivity contribution in [3.8, 4) is 5.75 Å². The summed E-state index contributed by atoms with van der Waals surface area (Å²) >= 11 is 0. The van der Waals surface area contributed by atoms with E-state index < -0.39 is 0 Å². The number of carbonyl (C=O) groups is 2. The molecule has 0 aliphatic heterocycles. The minimum absolute atomic E-state index is 0.0467. The van der Waals surface area contributed by atoms with Crippen LogP contribution in [-0.4, -0.2) is 44.5 Å². The maximum absolute atomic E-state index is 11.9. The number of nitrogens with one attached hydrogen (secondary N) is 1. The normalized spacial score (nSPS) is 10.6. The molecule has 0 saturated carbocycles. The smallest absolute Gasteiger partial charge is 0.253 e. The van der Waals surface area contributed by atoms with Crippen molar-refractivity contribution in [2.24, 2.45) is 0 Å². The number of para-hydroxylation sites is 1. The van der Waals surface area contributed by atoms with Gasteiger partial charge in [-0.2, -0.15) is 0 Å². The third-order valence-electron chi connectivity index (χ3n) is 3.88. The largest absolute Gasteiger partial charge is 0.496 e. The number of hydrogen-bond acceptors (Lipinski definition) is 3. The molecule has 2 rings (SSSR count). The van der Waals surface area contributed by atoms with Crippen LogP contribution in [0.25, 0.3) is 6.08 Å². The van der Waals surface area contributed by atoms with Gasteiger partial charge in [0.15, 0.2) is 0 Å². The molecule has 0 spiro atoms. The van der Waals surface area contributed by atoms with Gasteiger partial charge in [-0.3, -0.25) is 9.59 Å². The molecule has 2 aromatic rings. The zero-order valence-electron chi connectivity index (χ0n) is 15.4. The van der Waals surface area contributed by atoms with E-state index >= 15 is 0 Å². The molecule has 0 radical (unpaired) electrons. The van der Waals surface area contributed by atoms with Crippen LogP contribution in [0.4, 0.5) is 0 Å². The van der Waals surface area contributed by atoms with Crippen LogP contribution in [0.1, 0.15) is 21.5 Å². The molecule has 136 valence electrons. The summed E-state index contributed by atoms with van der Waals surface area (Å²) in [6.07, 6.45) is 3.91. The molecule has 5 heteroatoms. The predicted octanol–water partition coefficient (Wildman–Crippen LogP) is 2.77. The molecule has 0 fully saturated rings. The van der Waals surface area contributed by atoms with Gasteiger partial charge >= 0.3 is 0 Å². The number of rotatable bonds is 7. The van der Waals surface area contributed by atoms with Crippen molar-refractivity contribution < 1.29 is 14.3 Å². The fraction of sp³-hybridized carbons (Fsp3) is 0.238. The first-order valence-electron chi connectivity index (χ1n) is 8.41. The maximum atomic E-state index is 11.9. The zero-order chi connectivity index (χ0) is 18.9. The Morgan fingerprint density at radius 2 is 1.77 bits per heavy atom. The Hall–Kier alpha value is -3.08. The monoisotopic (exact) mass is 352 g/mol. The predicted molar refractivity (Wildman–Crippen MR) is 103 cm³/mol. The summed E-state index contributed by atoms with van der Waals surface area (Å²) in [4.78, 5) is 25.3. The van der Waals surface area contributed by atoms with Gasteiger partial charge in [0, 0.05) is 32.3 Å². The summed E-state index contributed by atoms with van der Waals surface area (Å²) in [7, 11) is 5.06. The van der Waals surface area contributed by atoms with Crippen LogP contribution in [0, 0.1) is 0 Å². The molecule has 0 bridgehead atoms. The molecule has 2 aromatic carbocycles. The van der Waals surface area contributed by atoms with Crippen molar-refractivity contribution in [3.63, 3.8) is 0 Å². The Morgan fingerprint density at radius 3 is 2.42 bits per heavy atom. The molecule has 0 atom stereocenters. The number of hydrogen-bond donors (Lipinski definition) is 1. The molecule has 0 aromatic heterocycles. The number of methoxy groups -OCH3 is 1. The summed E-state index contributed by atoms with van der Waals surface area (Å²) in [5.41, 5.74) is 2.54. The Bertz CT molecular complexity index is 780. The molecule has 5 nitrogen and oxygen atoms in total.